The number of rotatable bonds is 5. The predicted molar refractivity (Wildman–Crippen MR) is 70.9 cm³/mol. The fourth-order valence-electron chi connectivity index (χ4n) is 1.77. The zero-order chi connectivity index (χ0) is 13.0. The molecule has 2 atom stereocenters. The van der Waals surface area contributed by atoms with Crippen LogP contribution in [0.2, 0.25) is 5.02 Å². The van der Waals surface area contributed by atoms with E-state index in [0.717, 1.165) is 6.42 Å². The lowest BCUT2D eigenvalue weighted by molar-refractivity contribution is -0.385. The van der Waals surface area contributed by atoms with E-state index in [2.05, 4.69) is 0 Å². The van der Waals surface area contributed by atoms with Crippen LogP contribution in [0.25, 0.3) is 0 Å². The molecular weight excluding hydrogens is 261 g/mol. The molecule has 3 nitrogen and oxygen atoms in total. The van der Waals surface area contributed by atoms with E-state index in [4.69, 9.17) is 23.2 Å². The van der Waals surface area contributed by atoms with E-state index in [-0.39, 0.29) is 21.9 Å². The van der Waals surface area contributed by atoms with Crippen LogP contribution in [0.1, 0.15) is 25.8 Å². The third-order valence-electron chi connectivity index (χ3n) is 2.79. The first-order chi connectivity index (χ1) is 7.95. The second-order valence-electron chi connectivity index (χ2n) is 4.14. The van der Waals surface area contributed by atoms with Crippen LogP contribution in [0.5, 0.6) is 0 Å². The number of halogens is 2. The molecule has 0 amide bonds. The Kier molecular flexibility index (Phi) is 5.22. The summed E-state index contributed by atoms with van der Waals surface area (Å²) in [6, 6.07) is 4.63. The molecule has 0 N–H and O–H groups in total. The van der Waals surface area contributed by atoms with Crippen molar-refractivity contribution < 1.29 is 4.92 Å². The van der Waals surface area contributed by atoms with Gasteiger partial charge in [-0.3, -0.25) is 10.1 Å². The molecule has 5 heteroatoms. The van der Waals surface area contributed by atoms with Gasteiger partial charge in [0, 0.05) is 22.0 Å². The molecule has 0 bridgehead atoms. The summed E-state index contributed by atoms with van der Waals surface area (Å²) in [5.74, 6) is 0.179. The maximum Gasteiger partial charge on any atom is 0.272 e. The molecule has 0 radical (unpaired) electrons. The second-order valence-corrected chi connectivity index (χ2v) is 5.13. The van der Waals surface area contributed by atoms with Gasteiger partial charge in [-0.1, -0.05) is 25.4 Å². The maximum absolute atomic E-state index is 10.9. The van der Waals surface area contributed by atoms with Crippen molar-refractivity contribution in [2.45, 2.75) is 32.1 Å². The van der Waals surface area contributed by atoms with E-state index >= 15 is 0 Å². The van der Waals surface area contributed by atoms with Crippen molar-refractivity contribution in [1.82, 2.24) is 0 Å². The Bertz CT molecular complexity index is 409. The van der Waals surface area contributed by atoms with Crippen molar-refractivity contribution in [2.75, 3.05) is 0 Å². The number of hydrogen-bond acceptors (Lipinski definition) is 2. The third kappa shape index (κ3) is 3.86. The Morgan fingerprint density at radius 1 is 1.47 bits per heavy atom. The first-order valence-electron chi connectivity index (χ1n) is 5.52. The molecule has 94 valence electrons. The van der Waals surface area contributed by atoms with Crippen molar-refractivity contribution in [1.29, 1.82) is 0 Å². The van der Waals surface area contributed by atoms with Gasteiger partial charge in [0.1, 0.15) is 0 Å². The summed E-state index contributed by atoms with van der Waals surface area (Å²) < 4.78 is 0. The Morgan fingerprint density at radius 3 is 2.65 bits per heavy atom. The van der Waals surface area contributed by atoms with E-state index in [1.807, 2.05) is 13.8 Å². The van der Waals surface area contributed by atoms with Gasteiger partial charge < -0.3 is 0 Å². The van der Waals surface area contributed by atoms with Crippen LogP contribution in [0.3, 0.4) is 0 Å². The summed E-state index contributed by atoms with van der Waals surface area (Å²) in [6.07, 6.45) is 1.41. The van der Waals surface area contributed by atoms with Crippen LogP contribution in [0.4, 0.5) is 5.69 Å². The lowest BCUT2D eigenvalue weighted by Gasteiger charge is -2.16. The molecule has 0 spiro atoms. The van der Waals surface area contributed by atoms with Gasteiger partial charge in [0.05, 0.1) is 4.92 Å². The second kappa shape index (κ2) is 6.22. The zero-order valence-corrected chi connectivity index (χ0v) is 11.3. The molecule has 1 aromatic rings. The van der Waals surface area contributed by atoms with Crippen LogP contribution in [0.15, 0.2) is 18.2 Å². The van der Waals surface area contributed by atoms with Crippen LogP contribution in [0, 0.1) is 16.0 Å². The van der Waals surface area contributed by atoms with E-state index in [0.29, 0.717) is 17.0 Å². The summed E-state index contributed by atoms with van der Waals surface area (Å²) in [5.41, 5.74) is 0.760. The summed E-state index contributed by atoms with van der Waals surface area (Å²) in [4.78, 5) is 10.5. The maximum atomic E-state index is 10.9. The standard InChI is InChI=1S/C12H15Cl2NO2/c1-3-11(14)8(2)6-9-7-10(13)4-5-12(9)15(16)17/h4-5,7-8,11H,3,6H2,1-2H3. The lowest BCUT2D eigenvalue weighted by atomic mass is 9.95. The Balaban J connectivity index is 2.96. The van der Waals surface area contributed by atoms with Gasteiger partial charge in [0.2, 0.25) is 0 Å². The highest BCUT2D eigenvalue weighted by Gasteiger charge is 2.19. The number of alkyl halides is 1. The van der Waals surface area contributed by atoms with Crippen LogP contribution < -0.4 is 0 Å². The normalized spacial score (nSPS) is 14.4. The number of nitro benzene ring substituents is 1. The van der Waals surface area contributed by atoms with Crippen LogP contribution in [-0.4, -0.2) is 10.3 Å². The molecule has 0 heterocycles. The number of nitro groups is 1. The van der Waals surface area contributed by atoms with Gasteiger partial charge in [-0.2, -0.15) is 0 Å². The molecule has 1 aromatic carbocycles. The summed E-state index contributed by atoms with van der Waals surface area (Å²) in [6.45, 7) is 3.99. The highest BCUT2D eigenvalue weighted by molar-refractivity contribution is 6.30. The van der Waals surface area contributed by atoms with Crippen molar-refractivity contribution in [3.63, 3.8) is 0 Å². The minimum absolute atomic E-state index is 0.0218. The molecule has 0 saturated carbocycles. The lowest BCUT2D eigenvalue weighted by Crippen LogP contribution is -2.13. The number of benzene rings is 1. The highest BCUT2D eigenvalue weighted by atomic mass is 35.5. The summed E-state index contributed by atoms with van der Waals surface area (Å²) in [7, 11) is 0. The molecule has 17 heavy (non-hydrogen) atoms. The molecule has 0 aromatic heterocycles. The van der Waals surface area contributed by atoms with Crippen molar-refractivity contribution in [3.05, 3.63) is 38.9 Å². The van der Waals surface area contributed by atoms with E-state index in [9.17, 15) is 10.1 Å². The average molecular weight is 276 g/mol. The van der Waals surface area contributed by atoms with Crippen molar-refractivity contribution in [3.8, 4) is 0 Å². The molecule has 1 rings (SSSR count). The van der Waals surface area contributed by atoms with Gasteiger partial charge >= 0.3 is 0 Å². The van der Waals surface area contributed by atoms with Gasteiger partial charge in [0.15, 0.2) is 0 Å². The highest BCUT2D eigenvalue weighted by Crippen LogP contribution is 2.27. The Labute approximate surface area is 111 Å². The number of hydrogen-bond donors (Lipinski definition) is 0. The average Bonchev–Trinajstić information content (AvgIpc) is 2.27. The Hall–Kier alpha value is -0.800. The molecule has 2 unspecified atom stereocenters. The topological polar surface area (TPSA) is 43.1 Å². The number of nitrogens with zero attached hydrogens (tertiary/aromatic N) is 1. The quantitative estimate of drug-likeness (QED) is 0.453. The van der Waals surface area contributed by atoms with E-state index in [1.165, 1.54) is 12.1 Å². The fourth-order valence-corrected chi connectivity index (χ4v) is 2.06. The molecule has 0 aliphatic heterocycles. The van der Waals surface area contributed by atoms with Gasteiger partial charge in [-0.15, -0.1) is 11.6 Å². The van der Waals surface area contributed by atoms with Gasteiger partial charge in [-0.05, 0) is 30.9 Å². The molecule has 0 saturated heterocycles. The van der Waals surface area contributed by atoms with Crippen LogP contribution in [-0.2, 0) is 6.42 Å². The van der Waals surface area contributed by atoms with Crippen LogP contribution >= 0.6 is 23.2 Å². The smallest absolute Gasteiger partial charge is 0.258 e. The van der Waals surface area contributed by atoms with E-state index < -0.39 is 0 Å². The minimum atomic E-state index is -0.381. The SMILES string of the molecule is CCC(Cl)C(C)Cc1cc(Cl)ccc1[N+](=O)[O-]. The first-order valence-corrected chi connectivity index (χ1v) is 6.34. The monoisotopic (exact) mass is 275 g/mol. The summed E-state index contributed by atoms with van der Waals surface area (Å²) in [5, 5.41) is 11.4. The molecule has 0 aliphatic carbocycles. The molecule has 0 aliphatic rings. The molecule has 0 fully saturated rings. The van der Waals surface area contributed by atoms with Crippen molar-refractivity contribution >= 4 is 28.9 Å². The predicted octanol–water partition coefficient (Wildman–Crippen LogP) is 4.44. The minimum Gasteiger partial charge on any atom is -0.258 e. The Morgan fingerprint density at radius 2 is 2.12 bits per heavy atom. The molecular formula is C12H15Cl2NO2. The third-order valence-corrected chi connectivity index (χ3v) is 3.76. The van der Waals surface area contributed by atoms with Crippen molar-refractivity contribution in [2.24, 2.45) is 5.92 Å². The summed E-state index contributed by atoms with van der Waals surface area (Å²) >= 11 is 12.0. The van der Waals surface area contributed by atoms with Gasteiger partial charge in [-0.25, -0.2) is 0 Å². The van der Waals surface area contributed by atoms with Gasteiger partial charge in [0.25, 0.3) is 5.69 Å². The largest absolute Gasteiger partial charge is 0.272 e. The fraction of sp³-hybridized carbons (Fsp3) is 0.500. The zero-order valence-electron chi connectivity index (χ0n) is 9.82. The van der Waals surface area contributed by atoms with E-state index in [1.54, 1.807) is 6.07 Å². The first kappa shape index (κ1) is 14.3.